The predicted octanol–water partition coefficient (Wildman–Crippen LogP) is 3.46. The van der Waals surface area contributed by atoms with Crippen molar-refractivity contribution in [2.75, 3.05) is 48.9 Å². The van der Waals surface area contributed by atoms with E-state index in [4.69, 9.17) is 9.47 Å². The second-order valence-electron chi connectivity index (χ2n) is 6.90. The Morgan fingerprint density at radius 3 is 2.55 bits per heavy atom. The quantitative estimate of drug-likeness (QED) is 0.628. The number of halogens is 1. The van der Waals surface area contributed by atoms with Crippen molar-refractivity contribution in [1.29, 1.82) is 0 Å². The molecular formula is C22H22FN5O3. The Hall–Kier alpha value is -3.72. The lowest BCUT2D eigenvalue weighted by atomic mass is 10.2. The summed E-state index contributed by atoms with van der Waals surface area (Å²) in [5, 5.41) is 14.2. The van der Waals surface area contributed by atoms with Gasteiger partial charge in [0, 0.05) is 36.1 Å². The van der Waals surface area contributed by atoms with Crippen molar-refractivity contribution in [1.82, 2.24) is 10.2 Å². The van der Waals surface area contributed by atoms with Crippen LogP contribution in [0.15, 0.2) is 54.7 Å². The van der Waals surface area contributed by atoms with Gasteiger partial charge in [-0.05, 0) is 42.5 Å². The van der Waals surface area contributed by atoms with Gasteiger partial charge in [0.1, 0.15) is 0 Å². The van der Waals surface area contributed by atoms with Gasteiger partial charge in [0.15, 0.2) is 17.4 Å². The van der Waals surface area contributed by atoms with Crippen LogP contribution in [0.4, 0.5) is 27.3 Å². The molecule has 0 saturated carbocycles. The topological polar surface area (TPSA) is 88.6 Å². The van der Waals surface area contributed by atoms with Gasteiger partial charge in [-0.25, -0.2) is 4.39 Å². The van der Waals surface area contributed by atoms with Crippen molar-refractivity contribution >= 4 is 28.8 Å². The number of aromatic nitrogens is 2. The highest BCUT2D eigenvalue weighted by Crippen LogP contribution is 2.22. The van der Waals surface area contributed by atoms with Crippen molar-refractivity contribution in [3.8, 4) is 5.75 Å². The molecule has 1 aromatic heterocycles. The third kappa shape index (κ3) is 5.07. The minimum Gasteiger partial charge on any atom is -0.494 e. The van der Waals surface area contributed by atoms with Gasteiger partial charge in [-0.15, -0.1) is 5.10 Å². The van der Waals surface area contributed by atoms with Gasteiger partial charge in [0.05, 0.1) is 32.2 Å². The fourth-order valence-electron chi connectivity index (χ4n) is 3.21. The Kier molecular flexibility index (Phi) is 6.23. The first-order valence-corrected chi connectivity index (χ1v) is 9.80. The van der Waals surface area contributed by atoms with E-state index in [0.29, 0.717) is 24.7 Å². The Balaban J connectivity index is 1.39. The van der Waals surface area contributed by atoms with E-state index in [0.717, 1.165) is 30.5 Å². The summed E-state index contributed by atoms with van der Waals surface area (Å²) < 4.78 is 24.1. The molecule has 0 unspecified atom stereocenters. The molecule has 3 aromatic rings. The lowest BCUT2D eigenvalue weighted by Crippen LogP contribution is -2.36. The fraction of sp³-hybridized carbons (Fsp3) is 0.227. The number of rotatable bonds is 6. The molecule has 1 saturated heterocycles. The van der Waals surface area contributed by atoms with Crippen molar-refractivity contribution in [3.63, 3.8) is 0 Å². The van der Waals surface area contributed by atoms with Crippen LogP contribution >= 0.6 is 0 Å². The molecular weight excluding hydrogens is 401 g/mol. The van der Waals surface area contributed by atoms with Crippen LogP contribution in [0.3, 0.4) is 0 Å². The van der Waals surface area contributed by atoms with E-state index >= 15 is 0 Å². The summed E-state index contributed by atoms with van der Waals surface area (Å²) >= 11 is 0. The molecule has 160 valence electrons. The number of morpholine rings is 1. The number of hydrogen-bond donors (Lipinski definition) is 2. The molecule has 8 nitrogen and oxygen atoms in total. The first-order valence-electron chi connectivity index (χ1n) is 9.80. The summed E-state index contributed by atoms with van der Waals surface area (Å²) in [6, 6.07) is 13.1. The molecule has 2 aromatic carbocycles. The molecule has 1 aliphatic rings. The molecule has 9 heteroatoms. The second kappa shape index (κ2) is 9.40. The Labute approximate surface area is 179 Å². The highest BCUT2D eigenvalue weighted by Gasteiger charge is 2.13. The van der Waals surface area contributed by atoms with E-state index in [1.165, 1.54) is 19.2 Å². The predicted molar refractivity (Wildman–Crippen MR) is 116 cm³/mol. The van der Waals surface area contributed by atoms with Crippen LogP contribution in [-0.2, 0) is 4.74 Å². The van der Waals surface area contributed by atoms with Crippen LogP contribution in [0.25, 0.3) is 0 Å². The molecule has 1 fully saturated rings. The number of benzene rings is 2. The fourth-order valence-corrected chi connectivity index (χ4v) is 3.21. The smallest absolute Gasteiger partial charge is 0.255 e. The molecule has 1 amide bonds. The van der Waals surface area contributed by atoms with Gasteiger partial charge in [-0.3, -0.25) is 4.79 Å². The molecule has 2 heterocycles. The van der Waals surface area contributed by atoms with E-state index in [1.807, 2.05) is 18.2 Å². The number of carbonyl (C=O) groups excluding carboxylic acids is 1. The van der Waals surface area contributed by atoms with E-state index in [2.05, 4.69) is 25.7 Å². The molecule has 31 heavy (non-hydrogen) atoms. The monoisotopic (exact) mass is 423 g/mol. The number of carbonyl (C=O) groups is 1. The molecule has 0 spiro atoms. The second-order valence-corrected chi connectivity index (χ2v) is 6.90. The van der Waals surface area contributed by atoms with Gasteiger partial charge in [-0.1, -0.05) is 0 Å². The maximum absolute atomic E-state index is 13.8. The highest BCUT2D eigenvalue weighted by molar-refractivity contribution is 6.04. The average Bonchev–Trinajstić information content (AvgIpc) is 2.81. The van der Waals surface area contributed by atoms with Crippen molar-refractivity contribution in [2.45, 2.75) is 0 Å². The van der Waals surface area contributed by atoms with Gasteiger partial charge >= 0.3 is 0 Å². The summed E-state index contributed by atoms with van der Waals surface area (Å²) in [4.78, 5) is 14.6. The van der Waals surface area contributed by atoms with E-state index in [9.17, 15) is 9.18 Å². The average molecular weight is 423 g/mol. The first-order chi connectivity index (χ1) is 15.1. The van der Waals surface area contributed by atoms with Gasteiger partial charge in [-0.2, -0.15) is 5.10 Å². The van der Waals surface area contributed by atoms with Gasteiger partial charge in [0.2, 0.25) is 0 Å². The maximum Gasteiger partial charge on any atom is 0.255 e. The van der Waals surface area contributed by atoms with Gasteiger partial charge < -0.3 is 25.0 Å². The Morgan fingerprint density at radius 1 is 1.10 bits per heavy atom. The van der Waals surface area contributed by atoms with Crippen LogP contribution in [0.1, 0.15) is 10.4 Å². The number of amides is 1. The molecule has 0 aliphatic carbocycles. The van der Waals surface area contributed by atoms with E-state index in [1.54, 1.807) is 18.3 Å². The van der Waals surface area contributed by atoms with Crippen molar-refractivity contribution in [2.24, 2.45) is 0 Å². The molecule has 1 aliphatic heterocycles. The summed E-state index contributed by atoms with van der Waals surface area (Å²) in [5.74, 6) is -0.288. The van der Waals surface area contributed by atoms with Crippen LogP contribution in [0.2, 0.25) is 0 Å². The van der Waals surface area contributed by atoms with E-state index in [-0.39, 0.29) is 11.3 Å². The number of hydrogen-bond acceptors (Lipinski definition) is 7. The molecule has 0 radical (unpaired) electrons. The number of nitrogens with one attached hydrogen (secondary N) is 2. The number of methoxy groups -OCH3 is 1. The van der Waals surface area contributed by atoms with Crippen molar-refractivity contribution < 1.29 is 18.7 Å². The van der Waals surface area contributed by atoms with Crippen LogP contribution < -0.4 is 20.3 Å². The maximum atomic E-state index is 13.8. The molecule has 4 rings (SSSR count). The zero-order valence-electron chi connectivity index (χ0n) is 17.0. The minimum atomic E-state index is -0.588. The lowest BCUT2D eigenvalue weighted by Gasteiger charge is -2.28. The van der Waals surface area contributed by atoms with Crippen LogP contribution in [0, 0.1) is 5.82 Å². The highest BCUT2D eigenvalue weighted by atomic mass is 19.1. The first kappa shape index (κ1) is 20.5. The largest absolute Gasteiger partial charge is 0.494 e. The van der Waals surface area contributed by atoms with Crippen LogP contribution in [-0.4, -0.2) is 49.5 Å². The van der Waals surface area contributed by atoms with Gasteiger partial charge in [0.25, 0.3) is 5.91 Å². The zero-order valence-corrected chi connectivity index (χ0v) is 17.0. The minimum absolute atomic E-state index is 0.0905. The van der Waals surface area contributed by atoms with Crippen LogP contribution in [0.5, 0.6) is 5.75 Å². The Bertz CT molecular complexity index is 1060. The lowest BCUT2D eigenvalue weighted by molar-refractivity contribution is 0.102. The third-order valence-corrected chi connectivity index (χ3v) is 4.85. The summed E-state index contributed by atoms with van der Waals surface area (Å²) in [5.41, 5.74) is 2.56. The summed E-state index contributed by atoms with van der Waals surface area (Å²) in [6.07, 6.45) is 1.73. The summed E-state index contributed by atoms with van der Waals surface area (Å²) in [7, 11) is 1.37. The number of nitrogens with zero attached hydrogens (tertiary/aromatic N) is 3. The SMILES string of the molecule is COc1ccc(C(=O)Nc2ccc(Nc3cc(N4CCOCC4)cnn3)cc2)cc1F. The molecule has 0 bridgehead atoms. The number of ether oxygens (including phenoxy) is 2. The number of anilines is 4. The standard InChI is InChI=1S/C22H22FN5O3/c1-30-20-7-2-15(12-19(20)23)22(29)26-17-5-3-16(4-6-17)25-21-13-18(14-24-27-21)28-8-10-31-11-9-28/h2-7,12-14H,8-11H2,1H3,(H,25,27)(H,26,29). The van der Waals surface area contributed by atoms with Crippen molar-refractivity contribution in [3.05, 3.63) is 66.1 Å². The Morgan fingerprint density at radius 2 is 1.84 bits per heavy atom. The summed E-state index contributed by atoms with van der Waals surface area (Å²) in [6.45, 7) is 3.03. The van der Waals surface area contributed by atoms with E-state index < -0.39 is 11.7 Å². The normalized spacial score (nSPS) is 13.5. The molecule has 0 atom stereocenters. The third-order valence-electron chi connectivity index (χ3n) is 4.85. The zero-order chi connectivity index (χ0) is 21.6. The molecule has 2 N–H and O–H groups in total.